The molecule has 0 radical (unpaired) electrons. The molecule has 0 saturated carbocycles. The molecule has 116 valence electrons. The number of carbonyl (C=O) groups is 2. The van der Waals surface area contributed by atoms with E-state index in [0.717, 1.165) is 13.0 Å². The normalized spacial score (nSPS) is 10.4. The SMILES string of the molecule is CC(=O)Nc1oc(-c2ccc(Cl)cc2F)c(O)c1OC(C)=O. The number of furan rings is 1. The van der Waals surface area contributed by atoms with Gasteiger partial charge in [-0.05, 0) is 18.2 Å². The van der Waals surface area contributed by atoms with Crippen LogP contribution in [-0.4, -0.2) is 17.0 Å². The van der Waals surface area contributed by atoms with Crippen molar-refractivity contribution in [1.29, 1.82) is 0 Å². The molecule has 1 heterocycles. The smallest absolute Gasteiger partial charge is 0.308 e. The molecule has 0 aliphatic heterocycles. The van der Waals surface area contributed by atoms with Gasteiger partial charge in [-0.15, -0.1) is 0 Å². The minimum Gasteiger partial charge on any atom is -0.502 e. The molecule has 1 amide bonds. The van der Waals surface area contributed by atoms with Crippen molar-refractivity contribution < 1.29 is 28.2 Å². The molecule has 0 spiro atoms. The summed E-state index contributed by atoms with van der Waals surface area (Å²) in [5.41, 5.74) is -0.105. The zero-order valence-corrected chi connectivity index (χ0v) is 12.3. The lowest BCUT2D eigenvalue weighted by Gasteiger charge is -2.01. The third kappa shape index (κ3) is 3.20. The fraction of sp³-hybridized carbons (Fsp3) is 0.143. The minimum atomic E-state index is -0.750. The molecule has 6 nitrogen and oxygen atoms in total. The summed E-state index contributed by atoms with van der Waals surface area (Å²) in [5, 5.41) is 12.5. The van der Waals surface area contributed by atoms with Gasteiger partial charge in [0, 0.05) is 18.9 Å². The van der Waals surface area contributed by atoms with E-state index in [1.165, 1.54) is 19.1 Å². The molecule has 0 fully saturated rings. The lowest BCUT2D eigenvalue weighted by atomic mass is 10.1. The van der Waals surface area contributed by atoms with Crippen LogP contribution in [0.25, 0.3) is 11.3 Å². The summed E-state index contributed by atoms with van der Waals surface area (Å²) in [6.07, 6.45) is 0. The topological polar surface area (TPSA) is 88.8 Å². The van der Waals surface area contributed by atoms with Crippen molar-refractivity contribution in [3.8, 4) is 22.8 Å². The summed E-state index contributed by atoms with van der Waals surface area (Å²) in [6, 6.07) is 3.71. The van der Waals surface area contributed by atoms with Gasteiger partial charge in [0.1, 0.15) is 5.82 Å². The number of halogens is 2. The van der Waals surface area contributed by atoms with E-state index in [4.69, 9.17) is 20.8 Å². The van der Waals surface area contributed by atoms with Crippen molar-refractivity contribution in [1.82, 2.24) is 0 Å². The molecular weight excluding hydrogens is 317 g/mol. The Bertz CT molecular complexity index is 756. The number of carbonyl (C=O) groups excluding carboxylic acids is 2. The molecule has 0 saturated heterocycles. The van der Waals surface area contributed by atoms with Gasteiger partial charge in [0.25, 0.3) is 0 Å². The van der Waals surface area contributed by atoms with Crippen LogP contribution in [0.1, 0.15) is 13.8 Å². The predicted molar refractivity (Wildman–Crippen MR) is 76.4 cm³/mol. The highest BCUT2D eigenvalue weighted by Gasteiger charge is 2.26. The first kappa shape index (κ1) is 15.8. The zero-order chi connectivity index (χ0) is 16.4. The number of rotatable bonds is 3. The van der Waals surface area contributed by atoms with Gasteiger partial charge >= 0.3 is 5.97 Å². The van der Waals surface area contributed by atoms with E-state index in [1.54, 1.807) is 0 Å². The molecule has 0 aliphatic rings. The minimum absolute atomic E-state index is 0.105. The molecule has 0 unspecified atom stereocenters. The van der Waals surface area contributed by atoms with Crippen LogP contribution < -0.4 is 10.1 Å². The Balaban J connectivity index is 2.59. The van der Waals surface area contributed by atoms with Crippen LogP contribution in [0.15, 0.2) is 22.6 Å². The number of aromatic hydroxyl groups is 1. The number of hydrogen-bond donors (Lipinski definition) is 2. The van der Waals surface area contributed by atoms with Gasteiger partial charge in [-0.2, -0.15) is 0 Å². The number of nitrogens with one attached hydrogen (secondary N) is 1. The monoisotopic (exact) mass is 327 g/mol. The van der Waals surface area contributed by atoms with E-state index in [1.807, 2.05) is 0 Å². The fourth-order valence-electron chi connectivity index (χ4n) is 1.74. The number of benzene rings is 1. The van der Waals surface area contributed by atoms with Gasteiger partial charge < -0.3 is 14.3 Å². The van der Waals surface area contributed by atoms with Crippen molar-refractivity contribution in [3.05, 3.63) is 29.0 Å². The molecule has 2 aromatic rings. The largest absolute Gasteiger partial charge is 0.502 e. The second-order valence-electron chi connectivity index (χ2n) is 4.34. The lowest BCUT2D eigenvalue weighted by Crippen LogP contribution is -2.08. The number of anilines is 1. The van der Waals surface area contributed by atoms with E-state index in [2.05, 4.69) is 5.32 Å². The average Bonchev–Trinajstić information content (AvgIpc) is 2.66. The Morgan fingerprint density at radius 1 is 1.36 bits per heavy atom. The summed E-state index contributed by atoms with van der Waals surface area (Å²) in [5.74, 6) is -3.62. The first-order valence-corrected chi connectivity index (χ1v) is 6.44. The molecule has 1 aromatic carbocycles. The van der Waals surface area contributed by atoms with Gasteiger partial charge in [0.05, 0.1) is 5.56 Å². The Morgan fingerprint density at radius 3 is 2.59 bits per heavy atom. The van der Waals surface area contributed by atoms with Crippen molar-refractivity contribution in [2.24, 2.45) is 0 Å². The quantitative estimate of drug-likeness (QED) is 0.844. The van der Waals surface area contributed by atoms with Crippen molar-refractivity contribution in [3.63, 3.8) is 0 Å². The summed E-state index contributed by atoms with van der Waals surface area (Å²) in [6.45, 7) is 2.30. The molecule has 8 heteroatoms. The second-order valence-corrected chi connectivity index (χ2v) is 4.77. The Hall–Kier alpha value is -2.54. The third-order valence-corrected chi connectivity index (χ3v) is 2.79. The Labute approximate surface area is 129 Å². The van der Waals surface area contributed by atoms with Gasteiger partial charge in [0.15, 0.2) is 5.76 Å². The zero-order valence-electron chi connectivity index (χ0n) is 11.6. The average molecular weight is 328 g/mol. The molecule has 2 N–H and O–H groups in total. The van der Waals surface area contributed by atoms with Gasteiger partial charge in [-0.1, -0.05) is 11.6 Å². The summed E-state index contributed by atoms with van der Waals surface area (Å²) >= 11 is 5.66. The van der Waals surface area contributed by atoms with Crippen LogP contribution in [0.4, 0.5) is 10.3 Å². The lowest BCUT2D eigenvalue weighted by molar-refractivity contribution is -0.132. The predicted octanol–water partition coefficient (Wildman–Crippen LogP) is 3.33. The highest BCUT2D eigenvalue weighted by molar-refractivity contribution is 6.30. The van der Waals surface area contributed by atoms with Crippen LogP contribution >= 0.6 is 11.6 Å². The van der Waals surface area contributed by atoms with E-state index in [0.29, 0.717) is 0 Å². The third-order valence-electron chi connectivity index (χ3n) is 2.55. The fourth-order valence-corrected chi connectivity index (χ4v) is 1.90. The van der Waals surface area contributed by atoms with Crippen LogP contribution in [0.5, 0.6) is 11.5 Å². The highest BCUT2D eigenvalue weighted by atomic mass is 35.5. The van der Waals surface area contributed by atoms with Crippen LogP contribution in [-0.2, 0) is 9.59 Å². The van der Waals surface area contributed by atoms with E-state index < -0.39 is 29.2 Å². The first-order valence-electron chi connectivity index (χ1n) is 6.06. The molecule has 2 rings (SSSR count). The maximum atomic E-state index is 13.9. The molecule has 22 heavy (non-hydrogen) atoms. The van der Waals surface area contributed by atoms with Crippen molar-refractivity contribution in [2.75, 3.05) is 5.32 Å². The van der Waals surface area contributed by atoms with Crippen LogP contribution in [0.3, 0.4) is 0 Å². The van der Waals surface area contributed by atoms with Crippen LogP contribution in [0.2, 0.25) is 5.02 Å². The highest BCUT2D eigenvalue weighted by Crippen LogP contribution is 2.47. The molecule has 0 bridgehead atoms. The molecule has 1 aromatic heterocycles. The number of amides is 1. The number of hydrogen-bond acceptors (Lipinski definition) is 5. The van der Waals surface area contributed by atoms with Gasteiger partial charge in [-0.3, -0.25) is 14.9 Å². The van der Waals surface area contributed by atoms with Gasteiger partial charge in [0.2, 0.25) is 23.3 Å². The summed E-state index contributed by atoms with van der Waals surface area (Å²) < 4.78 is 24.0. The Morgan fingerprint density at radius 2 is 2.05 bits per heavy atom. The standard InChI is InChI=1S/C14H11ClFNO5/c1-6(18)17-14-13(21-7(2)19)11(20)12(22-14)9-4-3-8(15)5-10(9)16/h3-5,20H,1-2H3,(H,17,18). The molecular formula is C14H11ClFNO5. The van der Waals surface area contributed by atoms with E-state index >= 15 is 0 Å². The maximum absolute atomic E-state index is 13.9. The van der Waals surface area contributed by atoms with Crippen molar-refractivity contribution in [2.45, 2.75) is 13.8 Å². The van der Waals surface area contributed by atoms with Crippen LogP contribution in [0, 0.1) is 5.82 Å². The number of esters is 1. The van der Waals surface area contributed by atoms with Crippen molar-refractivity contribution >= 4 is 29.4 Å². The van der Waals surface area contributed by atoms with E-state index in [9.17, 15) is 19.1 Å². The first-order chi connectivity index (χ1) is 10.3. The number of ether oxygens (including phenoxy) is 1. The Kier molecular flexibility index (Phi) is 4.37. The van der Waals surface area contributed by atoms with Gasteiger partial charge in [-0.25, -0.2) is 4.39 Å². The molecule has 0 aliphatic carbocycles. The molecule has 0 atom stereocenters. The second kappa shape index (κ2) is 6.07. The summed E-state index contributed by atoms with van der Waals surface area (Å²) in [4.78, 5) is 22.2. The maximum Gasteiger partial charge on any atom is 0.308 e. The summed E-state index contributed by atoms with van der Waals surface area (Å²) in [7, 11) is 0. The van der Waals surface area contributed by atoms with E-state index in [-0.39, 0.29) is 22.2 Å².